The van der Waals surface area contributed by atoms with E-state index < -0.39 is 6.09 Å². The Morgan fingerprint density at radius 1 is 1.53 bits per heavy atom. The molecule has 0 aromatic heterocycles. The molecule has 0 aromatic rings. The summed E-state index contributed by atoms with van der Waals surface area (Å²) in [6.07, 6.45) is 4.66. The van der Waals surface area contributed by atoms with Gasteiger partial charge in [-0.15, -0.1) is 0 Å². The molecule has 2 saturated heterocycles. The van der Waals surface area contributed by atoms with Gasteiger partial charge in [0.2, 0.25) is 0 Å². The van der Waals surface area contributed by atoms with Gasteiger partial charge in [0, 0.05) is 18.6 Å². The van der Waals surface area contributed by atoms with Gasteiger partial charge >= 0.3 is 6.09 Å². The number of carboxylic acid groups (broad SMARTS) is 1. The van der Waals surface area contributed by atoms with Crippen LogP contribution in [0.1, 0.15) is 39.0 Å². The zero-order valence-electron chi connectivity index (χ0n) is 9.28. The van der Waals surface area contributed by atoms with Gasteiger partial charge in [0.1, 0.15) is 0 Å². The van der Waals surface area contributed by atoms with Crippen LogP contribution in [-0.4, -0.2) is 40.8 Å². The molecule has 4 nitrogen and oxygen atoms in total. The molecule has 0 radical (unpaired) electrons. The van der Waals surface area contributed by atoms with Crippen molar-refractivity contribution in [3.63, 3.8) is 0 Å². The Bertz CT molecular complexity index is 245. The first-order valence-electron chi connectivity index (χ1n) is 5.98. The molecular formula is C11H20N2O2. The molecule has 4 heteroatoms. The summed E-state index contributed by atoms with van der Waals surface area (Å²) < 4.78 is 0. The predicted octanol–water partition coefficient (Wildman–Crippen LogP) is 1.66. The lowest BCUT2D eigenvalue weighted by molar-refractivity contribution is 0.115. The van der Waals surface area contributed by atoms with E-state index in [1.54, 1.807) is 4.90 Å². The number of hydrogen-bond acceptors (Lipinski definition) is 2. The van der Waals surface area contributed by atoms with Crippen LogP contribution < -0.4 is 5.32 Å². The van der Waals surface area contributed by atoms with Gasteiger partial charge in [0.15, 0.2) is 0 Å². The molecule has 0 aromatic carbocycles. The highest BCUT2D eigenvalue weighted by Crippen LogP contribution is 2.31. The maximum atomic E-state index is 11.2. The van der Waals surface area contributed by atoms with E-state index in [0.29, 0.717) is 18.6 Å². The molecule has 2 fully saturated rings. The summed E-state index contributed by atoms with van der Waals surface area (Å²) in [4.78, 5) is 12.8. The molecule has 86 valence electrons. The highest BCUT2D eigenvalue weighted by Gasteiger charge is 2.43. The molecule has 1 amide bonds. The predicted molar refractivity (Wildman–Crippen MR) is 58.0 cm³/mol. The quantitative estimate of drug-likeness (QED) is 0.745. The second kappa shape index (κ2) is 4.39. The molecular weight excluding hydrogens is 192 g/mol. The topological polar surface area (TPSA) is 52.6 Å². The van der Waals surface area contributed by atoms with Crippen LogP contribution in [-0.2, 0) is 0 Å². The maximum Gasteiger partial charge on any atom is 0.407 e. The fraction of sp³-hybridized carbons (Fsp3) is 0.909. The molecule has 2 heterocycles. The fourth-order valence-corrected chi connectivity index (χ4v) is 2.87. The molecule has 2 bridgehead atoms. The second-order valence-corrected chi connectivity index (χ2v) is 4.68. The number of rotatable bonds is 4. The molecule has 0 spiro atoms. The summed E-state index contributed by atoms with van der Waals surface area (Å²) in [7, 11) is 0. The number of nitrogens with zero attached hydrogens (tertiary/aromatic N) is 1. The third-order valence-corrected chi connectivity index (χ3v) is 3.66. The maximum absolute atomic E-state index is 11.2. The summed E-state index contributed by atoms with van der Waals surface area (Å²) in [5.41, 5.74) is 0. The third-order valence-electron chi connectivity index (χ3n) is 3.66. The van der Waals surface area contributed by atoms with Gasteiger partial charge in [-0.1, -0.05) is 13.3 Å². The molecule has 2 N–H and O–H groups in total. The van der Waals surface area contributed by atoms with Crippen molar-refractivity contribution in [2.45, 2.75) is 57.2 Å². The average molecular weight is 212 g/mol. The van der Waals surface area contributed by atoms with Crippen LogP contribution in [0.5, 0.6) is 0 Å². The average Bonchev–Trinajstić information content (AvgIpc) is 2.79. The summed E-state index contributed by atoms with van der Waals surface area (Å²) in [6.45, 7) is 2.79. The molecule has 3 atom stereocenters. The van der Waals surface area contributed by atoms with Gasteiger partial charge in [-0.05, 0) is 25.7 Å². The molecule has 0 saturated carbocycles. The Hall–Kier alpha value is -0.770. The van der Waals surface area contributed by atoms with Crippen LogP contribution in [0.15, 0.2) is 0 Å². The third kappa shape index (κ3) is 2.09. The summed E-state index contributed by atoms with van der Waals surface area (Å²) in [6, 6.07) is 1.22. The van der Waals surface area contributed by atoms with E-state index in [2.05, 4.69) is 12.2 Å². The Kier molecular flexibility index (Phi) is 3.14. The van der Waals surface area contributed by atoms with Gasteiger partial charge in [-0.2, -0.15) is 0 Å². The Morgan fingerprint density at radius 3 is 2.80 bits per heavy atom. The number of nitrogens with one attached hydrogen (secondary N) is 1. The lowest BCUT2D eigenvalue weighted by atomic mass is 9.94. The Labute approximate surface area is 90.6 Å². The van der Waals surface area contributed by atoms with E-state index in [1.165, 1.54) is 6.42 Å². The van der Waals surface area contributed by atoms with Crippen LogP contribution in [0.25, 0.3) is 0 Å². The summed E-state index contributed by atoms with van der Waals surface area (Å²) >= 11 is 0. The van der Waals surface area contributed by atoms with E-state index in [-0.39, 0.29) is 6.04 Å². The highest BCUT2D eigenvalue weighted by atomic mass is 16.4. The SMILES string of the molecule is CCCCN(C(=O)O)[C@H]1C[C@H]2CC[C@@H]1N2. The van der Waals surface area contributed by atoms with Crippen molar-refractivity contribution in [2.75, 3.05) is 6.54 Å². The van der Waals surface area contributed by atoms with Crippen LogP contribution >= 0.6 is 0 Å². The smallest absolute Gasteiger partial charge is 0.407 e. The monoisotopic (exact) mass is 212 g/mol. The van der Waals surface area contributed by atoms with E-state index >= 15 is 0 Å². The highest BCUT2D eigenvalue weighted by molar-refractivity contribution is 5.65. The van der Waals surface area contributed by atoms with Gasteiger partial charge in [0.25, 0.3) is 0 Å². The van der Waals surface area contributed by atoms with Crippen molar-refractivity contribution >= 4 is 6.09 Å². The first-order chi connectivity index (χ1) is 7.22. The van der Waals surface area contributed by atoms with Crippen molar-refractivity contribution < 1.29 is 9.90 Å². The number of unbranched alkanes of at least 4 members (excludes halogenated alkanes) is 1. The van der Waals surface area contributed by atoms with Crippen molar-refractivity contribution in [3.05, 3.63) is 0 Å². The van der Waals surface area contributed by atoms with Crippen LogP contribution in [0.2, 0.25) is 0 Å². The van der Waals surface area contributed by atoms with Gasteiger partial charge in [-0.3, -0.25) is 0 Å². The van der Waals surface area contributed by atoms with E-state index in [4.69, 9.17) is 0 Å². The molecule has 2 aliphatic rings. The zero-order chi connectivity index (χ0) is 10.8. The van der Waals surface area contributed by atoms with E-state index in [1.807, 2.05) is 0 Å². The molecule has 2 aliphatic heterocycles. The Balaban J connectivity index is 1.96. The minimum atomic E-state index is -0.747. The van der Waals surface area contributed by atoms with Gasteiger partial charge in [-0.25, -0.2) is 4.79 Å². The van der Waals surface area contributed by atoms with E-state index in [9.17, 15) is 9.90 Å². The van der Waals surface area contributed by atoms with Crippen molar-refractivity contribution in [1.82, 2.24) is 10.2 Å². The first kappa shape index (κ1) is 10.7. The standard InChI is InChI=1S/C11H20N2O2/c1-2-3-6-13(11(14)15)10-7-8-4-5-9(10)12-8/h8-10,12H,2-7H2,1H3,(H,14,15)/t8-,9+,10+/m1/s1. The molecule has 0 aliphatic carbocycles. The van der Waals surface area contributed by atoms with Gasteiger partial charge < -0.3 is 15.3 Å². The number of fused-ring (bicyclic) bond motifs is 2. The molecule has 15 heavy (non-hydrogen) atoms. The number of amides is 1. The summed E-state index contributed by atoms with van der Waals surface area (Å²) in [5.74, 6) is 0. The number of hydrogen-bond donors (Lipinski definition) is 2. The lowest BCUT2D eigenvalue weighted by Crippen LogP contribution is -2.46. The second-order valence-electron chi connectivity index (χ2n) is 4.68. The van der Waals surface area contributed by atoms with Gasteiger partial charge in [0.05, 0.1) is 6.04 Å². The normalized spacial score (nSPS) is 33.3. The largest absolute Gasteiger partial charge is 0.465 e. The Morgan fingerprint density at radius 2 is 2.33 bits per heavy atom. The minimum Gasteiger partial charge on any atom is -0.465 e. The van der Waals surface area contributed by atoms with Crippen LogP contribution in [0.3, 0.4) is 0 Å². The van der Waals surface area contributed by atoms with E-state index in [0.717, 1.165) is 25.7 Å². The number of carbonyl (C=O) groups is 1. The van der Waals surface area contributed by atoms with Crippen LogP contribution in [0.4, 0.5) is 4.79 Å². The van der Waals surface area contributed by atoms with Crippen molar-refractivity contribution in [3.8, 4) is 0 Å². The zero-order valence-corrected chi connectivity index (χ0v) is 9.28. The lowest BCUT2D eigenvalue weighted by Gasteiger charge is -2.31. The fourth-order valence-electron chi connectivity index (χ4n) is 2.87. The first-order valence-corrected chi connectivity index (χ1v) is 5.98. The molecule has 0 unspecified atom stereocenters. The minimum absolute atomic E-state index is 0.229. The van der Waals surface area contributed by atoms with Crippen molar-refractivity contribution in [2.24, 2.45) is 0 Å². The molecule has 2 rings (SSSR count). The van der Waals surface area contributed by atoms with Crippen LogP contribution in [0, 0.1) is 0 Å². The summed E-state index contributed by atoms with van der Waals surface area (Å²) in [5, 5.41) is 12.7. The van der Waals surface area contributed by atoms with Crippen molar-refractivity contribution in [1.29, 1.82) is 0 Å².